The summed E-state index contributed by atoms with van der Waals surface area (Å²) in [4.78, 5) is 0.442. The first-order valence-electron chi connectivity index (χ1n) is 1.80. The third-order valence-electron chi connectivity index (χ3n) is 0.645. The summed E-state index contributed by atoms with van der Waals surface area (Å²) in [5.41, 5.74) is 0. The van der Waals surface area contributed by atoms with Gasteiger partial charge in [0.15, 0.2) is 0 Å². The minimum atomic E-state index is 0.442. The number of thioether (sulfide) groups is 1. The van der Waals surface area contributed by atoms with Crippen LogP contribution in [0.3, 0.4) is 0 Å². The summed E-state index contributed by atoms with van der Waals surface area (Å²) in [5.74, 6) is 0. The van der Waals surface area contributed by atoms with Crippen molar-refractivity contribution < 1.29 is 0 Å². The zero-order valence-electron chi connectivity index (χ0n) is 3.40. The molecule has 0 fully saturated rings. The van der Waals surface area contributed by atoms with E-state index >= 15 is 0 Å². The van der Waals surface area contributed by atoms with Crippen LogP contribution in [0, 0.1) is 4.16 Å². The Morgan fingerprint density at radius 1 is 1.71 bits per heavy atom. The molecular weight excluding hydrogens is 240 g/mol. The zero-order chi connectivity index (χ0) is 5.28. The predicted octanol–water partition coefficient (Wildman–Crippen LogP) is 2.89. The van der Waals surface area contributed by atoms with Gasteiger partial charge in [-0.3, -0.25) is 0 Å². The Morgan fingerprint density at radius 3 is 2.57 bits per heavy atom. The van der Waals surface area contributed by atoms with E-state index in [-0.39, 0.29) is 0 Å². The average Bonchev–Trinajstić information content (AvgIpc) is 1.91. The average molecular weight is 243 g/mol. The van der Waals surface area contributed by atoms with Gasteiger partial charge in [-0.05, 0) is 5.41 Å². The molecule has 0 spiro atoms. The highest BCUT2D eigenvalue weighted by molar-refractivity contribution is 9.15. The van der Waals surface area contributed by atoms with Crippen molar-refractivity contribution in [3.05, 3.63) is 15.6 Å². The largest absolute Gasteiger partial charge is 0.117 e. The van der Waals surface area contributed by atoms with Crippen LogP contribution in [0.15, 0.2) is 11.5 Å². The van der Waals surface area contributed by atoms with Gasteiger partial charge in [0, 0.05) is 0 Å². The molecule has 0 saturated carbocycles. The van der Waals surface area contributed by atoms with Crippen molar-refractivity contribution in [2.45, 2.75) is 4.83 Å². The molecule has 0 amide bonds. The molecule has 1 rings (SSSR count). The van der Waals surface area contributed by atoms with Crippen LogP contribution in [0.4, 0.5) is 0 Å². The molecule has 1 atom stereocenters. The molecule has 0 nitrogen and oxygen atoms in total. The van der Waals surface area contributed by atoms with E-state index in [1.807, 2.05) is 0 Å². The van der Waals surface area contributed by atoms with Gasteiger partial charge < -0.3 is 0 Å². The standard InChI is InChI=1S/C4H3Br2S/c5-3-1-2-7-4(3)6/h1-3H. The second-order valence-electron chi connectivity index (χ2n) is 1.15. The highest BCUT2D eigenvalue weighted by Gasteiger charge is 2.17. The van der Waals surface area contributed by atoms with Crippen LogP contribution in [0.1, 0.15) is 0 Å². The van der Waals surface area contributed by atoms with Crippen LogP contribution in [0.5, 0.6) is 0 Å². The van der Waals surface area contributed by atoms with Crippen molar-refractivity contribution in [2.75, 3.05) is 0 Å². The minimum Gasteiger partial charge on any atom is -0.112 e. The molecule has 7 heavy (non-hydrogen) atoms. The van der Waals surface area contributed by atoms with Gasteiger partial charge in [-0.15, -0.1) is 11.8 Å². The molecule has 0 aliphatic carbocycles. The molecular formula is C4H3Br2S. The van der Waals surface area contributed by atoms with Crippen LogP contribution in [-0.2, 0) is 0 Å². The maximum Gasteiger partial charge on any atom is 0.117 e. The first-order valence-corrected chi connectivity index (χ1v) is 4.39. The van der Waals surface area contributed by atoms with Crippen molar-refractivity contribution in [3.8, 4) is 0 Å². The van der Waals surface area contributed by atoms with E-state index in [4.69, 9.17) is 0 Å². The summed E-state index contributed by atoms with van der Waals surface area (Å²) in [7, 11) is 0. The van der Waals surface area contributed by atoms with Gasteiger partial charge in [0.25, 0.3) is 0 Å². The molecule has 0 bridgehead atoms. The second kappa shape index (κ2) is 2.55. The number of halogens is 2. The van der Waals surface area contributed by atoms with Crippen LogP contribution in [0.2, 0.25) is 0 Å². The highest BCUT2D eigenvalue weighted by Crippen LogP contribution is 2.40. The first-order chi connectivity index (χ1) is 3.30. The van der Waals surface area contributed by atoms with Crippen molar-refractivity contribution in [3.63, 3.8) is 0 Å². The Hall–Kier alpha value is 1.05. The van der Waals surface area contributed by atoms with E-state index in [1.165, 1.54) is 4.16 Å². The lowest BCUT2D eigenvalue weighted by Crippen LogP contribution is -1.89. The van der Waals surface area contributed by atoms with E-state index in [0.29, 0.717) is 4.83 Å². The summed E-state index contributed by atoms with van der Waals surface area (Å²) in [5, 5.41) is 2.06. The van der Waals surface area contributed by atoms with Gasteiger partial charge in [-0.25, -0.2) is 0 Å². The van der Waals surface area contributed by atoms with Gasteiger partial charge in [0.1, 0.15) is 4.16 Å². The maximum absolute atomic E-state index is 3.41. The molecule has 1 unspecified atom stereocenters. The molecule has 1 radical (unpaired) electrons. The topological polar surface area (TPSA) is 0 Å². The summed E-state index contributed by atoms with van der Waals surface area (Å²) in [6.45, 7) is 0. The molecule has 1 aliphatic heterocycles. The van der Waals surface area contributed by atoms with Crippen molar-refractivity contribution >= 4 is 43.6 Å². The monoisotopic (exact) mass is 241 g/mol. The van der Waals surface area contributed by atoms with E-state index in [2.05, 4.69) is 43.3 Å². The lowest BCUT2D eigenvalue weighted by atomic mass is 10.5. The Balaban J connectivity index is 2.45. The molecule has 0 aromatic heterocycles. The van der Waals surface area contributed by atoms with E-state index in [1.54, 1.807) is 11.8 Å². The summed E-state index contributed by atoms with van der Waals surface area (Å²) in [6, 6.07) is 0. The van der Waals surface area contributed by atoms with E-state index < -0.39 is 0 Å². The highest BCUT2D eigenvalue weighted by atomic mass is 79.9. The molecule has 0 N–H and O–H groups in total. The molecule has 0 aromatic rings. The Morgan fingerprint density at radius 2 is 2.43 bits per heavy atom. The fourth-order valence-electron chi connectivity index (χ4n) is 0.314. The third kappa shape index (κ3) is 1.47. The van der Waals surface area contributed by atoms with E-state index in [0.717, 1.165) is 0 Å². The minimum absolute atomic E-state index is 0.442. The predicted molar refractivity (Wildman–Crippen MR) is 41.6 cm³/mol. The fraction of sp³-hybridized carbons (Fsp3) is 0.250. The molecule has 1 heterocycles. The van der Waals surface area contributed by atoms with E-state index in [9.17, 15) is 0 Å². The lowest BCUT2D eigenvalue weighted by molar-refractivity contribution is 1.43. The smallest absolute Gasteiger partial charge is 0.112 e. The lowest BCUT2D eigenvalue weighted by Gasteiger charge is -1.98. The van der Waals surface area contributed by atoms with Gasteiger partial charge >= 0.3 is 0 Å². The molecule has 0 saturated heterocycles. The van der Waals surface area contributed by atoms with Gasteiger partial charge in [-0.1, -0.05) is 37.9 Å². The molecule has 39 valence electrons. The van der Waals surface area contributed by atoms with Gasteiger partial charge in [-0.2, -0.15) is 0 Å². The number of alkyl halides is 1. The second-order valence-corrected chi connectivity index (χ2v) is 4.47. The Labute approximate surface area is 64.0 Å². The van der Waals surface area contributed by atoms with Crippen molar-refractivity contribution in [1.82, 2.24) is 0 Å². The number of hydrogen-bond acceptors (Lipinski definition) is 1. The number of rotatable bonds is 0. The molecule has 3 heteroatoms. The molecule has 1 aliphatic rings. The Bertz CT molecular complexity index is 91.7. The molecule has 0 aromatic carbocycles. The van der Waals surface area contributed by atoms with Crippen molar-refractivity contribution in [2.24, 2.45) is 0 Å². The zero-order valence-corrected chi connectivity index (χ0v) is 7.38. The number of allylic oxidation sites excluding steroid dienone is 1. The van der Waals surface area contributed by atoms with Crippen LogP contribution >= 0.6 is 43.6 Å². The summed E-state index contributed by atoms with van der Waals surface area (Å²) < 4.78 is 1.24. The Kier molecular flexibility index (Phi) is 2.25. The third-order valence-corrected chi connectivity index (χ3v) is 4.15. The van der Waals surface area contributed by atoms with Crippen LogP contribution in [-0.4, -0.2) is 4.83 Å². The summed E-state index contributed by atoms with van der Waals surface area (Å²) in [6.07, 6.45) is 2.09. The maximum atomic E-state index is 3.41. The van der Waals surface area contributed by atoms with Crippen LogP contribution in [0.25, 0.3) is 0 Å². The summed E-state index contributed by atoms with van der Waals surface area (Å²) >= 11 is 8.50. The van der Waals surface area contributed by atoms with Gasteiger partial charge in [0.2, 0.25) is 0 Å². The quantitative estimate of drug-likeness (QED) is 0.589. The number of hydrogen-bond donors (Lipinski definition) is 0. The van der Waals surface area contributed by atoms with Crippen molar-refractivity contribution in [1.29, 1.82) is 0 Å². The van der Waals surface area contributed by atoms with Crippen LogP contribution < -0.4 is 0 Å². The first kappa shape index (κ1) is 6.17. The SMILES string of the molecule is Br[C]1SC=CC1Br. The van der Waals surface area contributed by atoms with Gasteiger partial charge in [0.05, 0.1) is 4.83 Å². The normalized spacial score (nSPS) is 32.0. The fourth-order valence-corrected chi connectivity index (χ4v) is 2.04.